The van der Waals surface area contributed by atoms with Gasteiger partial charge in [-0.15, -0.1) is 11.3 Å². The predicted molar refractivity (Wildman–Crippen MR) is 117 cm³/mol. The van der Waals surface area contributed by atoms with Crippen molar-refractivity contribution in [3.63, 3.8) is 0 Å². The predicted octanol–water partition coefficient (Wildman–Crippen LogP) is 5.47. The molecule has 3 aromatic heterocycles. The van der Waals surface area contributed by atoms with Crippen LogP contribution in [-0.4, -0.2) is 33.1 Å². The number of anilines is 1. The minimum Gasteiger partial charge on any atom is -0.462 e. The van der Waals surface area contributed by atoms with Crippen LogP contribution in [0.3, 0.4) is 0 Å². The quantitative estimate of drug-likeness (QED) is 0.469. The van der Waals surface area contributed by atoms with Crippen LogP contribution in [0.4, 0.5) is 18.2 Å². The number of aromatic nitrogens is 3. The lowest BCUT2D eigenvalue weighted by molar-refractivity contribution is -0.142. The highest BCUT2D eigenvalue weighted by Gasteiger charge is 2.36. The molecule has 0 bridgehead atoms. The summed E-state index contributed by atoms with van der Waals surface area (Å²) in [6, 6.07) is 0.827. The van der Waals surface area contributed by atoms with Gasteiger partial charge >= 0.3 is 12.1 Å². The van der Waals surface area contributed by atoms with E-state index >= 15 is 0 Å². The van der Waals surface area contributed by atoms with Crippen molar-refractivity contribution in [2.75, 3.05) is 11.9 Å². The number of hydrogen-bond acceptors (Lipinski definition) is 6. The maximum atomic E-state index is 13.5. The molecule has 1 aliphatic rings. The minimum absolute atomic E-state index is 0.0791. The largest absolute Gasteiger partial charge is 0.462 e. The average molecular weight is 501 g/mol. The number of carbonyl (C=O) groups excluding carboxylic acids is 2. The Kier molecular flexibility index (Phi) is 6.37. The lowest BCUT2D eigenvalue weighted by Gasteiger charge is -2.12. The van der Waals surface area contributed by atoms with E-state index in [4.69, 9.17) is 16.3 Å². The highest BCUT2D eigenvalue weighted by molar-refractivity contribution is 7.17. The Labute approximate surface area is 195 Å². The van der Waals surface area contributed by atoms with E-state index in [1.54, 1.807) is 0 Å². The van der Waals surface area contributed by atoms with Gasteiger partial charge in [-0.3, -0.25) is 4.79 Å². The second-order valence-corrected chi connectivity index (χ2v) is 9.17. The highest BCUT2D eigenvalue weighted by atomic mass is 35.5. The third kappa shape index (κ3) is 4.43. The van der Waals surface area contributed by atoms with Gasteiger partial charge < -0.3 is 10.1 Å². The smallest absolute Gasteiger partial charge is 0.433 e. The van der Waals surface area contributed by atoms with E-state index in [9.17, 15) is 22.8 Å². The number of halogens is 4. The van der Waals surface area contributed by atoms with Crippen molar-refractivity contribution in [3.05, 3.63) is 44.2 Å². The van der Waals surface area contributed by atoms with Crippen molar-refractivity contribution in [2.24, 2.45) is 0 Å². The molecule has 0 radical (unpaired) electrons. The molecule has 0 fully saturated rings. The molecule has 176 valence electrons. The van der Waals surface area contributed by atoms with E-state index in [2.05, 4.69) is 15.4 Å². The first-order valence-corrected chi connectivity index (χ1v) is 11.6. The van der Waals surface area contributed by atoms with Crippen molar-refractivity contribution in [3.8, 4) is 0 Å². The summed E-state index contributed by atoms with van der Waals surface area (Å²) in [5.74, 6) is -1.37. The van der Waals surface area contributed by atoms with E-state index in [0.29, 0.717) is 22.9 Å². The number of nitrogens with one attached hydrogen (secondary N) is 1. The number of nitrogens with zero attached hydrogens (tertiary/aromatic N) is 3. The van der Waals surface area contributed by atoms with E-state index in [1.165, 1.54) is 18.3 Å². The molecule has 1 N–H and O–H groups in total. The van der Waals surface area contributed by atoms with Crippen LogP contribution in [0.5, 0.6) is 0 Å². The summed E-state index contributed by atoms with van der Waals surface area (Å²) in [7, 11) is 0. The summed E-state index contributed by atoms with van der Waals surface area (Å²) < 4.78 is 46.3. The third-order valence-electron chi connectivity index (χ3n) is 5.21. The molecule has 4 rings (SSSR count). The second kappa shape index (κ2) is 8.94. The van der Waals surface area contributed by atoms with Crippen LogP contribution in [0.2, 0.25) is 5.02 Å². The van der Waals surface area contributed by atoms with E-state index in [-0.39, 0.29) is 28.0 Å². The van der Waals surface area contributed by atoms with Crippen LogP contribution in [0.25, 0.3) is 5.65 Å². The standard InChI is InChI=1S/C21H20ClF3N4O3S/c1-3-8-32-20(31)14-11-6-4-5-7-12(11)33-19(14)27-18(30)16-15(22)17-26-10(2)9-13(21(23,24)25)29(17)28-16/h9H,3-8H2,1-2H3,(H,27,30). The molecule has 7 nitrogen and oxygen atoms in total. The Bertz CT molecular complexity index is 1250. The molecular formula is C21H20ClF3N4O3S. The summed E-state index contributed by atoms with van der Waals surface area (Å²) in [6.45, 7) is 3.50. The number of esters is 1. The Morgan fingerprint density at radius 1 is 1.30 bits per heavy atom. The topological polar surface area (TPSA) is 85.6 Å². The molecule has 1 amide bonds. The fourth-order valence-electron chi connectivity index (χ4n) is 3.76. The molecule has 0 saturated carbocycles. The fourth-order valence-corrected chi connectivity index (χ4v) is 5.28. The number of aryl methyl sites for hydroxylation is 2. The lowest BCUT2D eigenvalue weighted by Crippen LogP contribution is -2.17. The summed E-state index contributed by atoms with van der Waals surface area (Å²) >= 11 is 7.49. The van der Waals surface area contributed by atoms with Gasteiger partial charge in [-0.2, -0.15) is 18.3 Å². The van der Waals surface area contributed by atoms with Crippen LogP contribution in [0.1, 0.15) is 68.9 Å². The molecule has 33 heavy (non-hydrogen) atoms. The minimum atomic E-state index is -4.72. The van der Waals surface area contributed by atoms with Crippen LogP contribution in [0.15, 0.2) is 6.07 Å². The van der Waals surface area contributed by atoms with Crippen LogP contribution in [-0.2, 0) is 23.8 Å². The third-order valence-corrected chi connectivity index (χ3v) is 6.76. The molecule has 0 aliphatic heterocycles. The SMILES string of the molecule is CCCOC(=O)c1c(NC(=O)c2nn3c(C(F)(F)F)cc(C)nc3c2Cl)sc2c1CCCC2. The van der Waals surface area contributed by atoms with Gasteiger partial charge in [0.05, 0.1) is 12.2 Å². The Morgan fingerprint density at radius 2 is 2.03 bits per heavy atom. The zero-order valence-electron chi connectivity index (χ0n) is 17.8. The van der Waals surface area contributed by atoms with Crippen molar-refractivity contribution in [2.45, 2.75) is 52.1 Å². The van der Waals surface area contributed by atoms with Crippen LogP contribution in [0, 0.1) is 6.92 Å². The van der Waals surface area contributed by atoms with Gasteiger partial charge in [0.25, 0.3) is 5.91 Å². The molecule has 0 saturated heterocycles. The van der Waals surface area contributed by atoms with Gasteiger partial charge in [0.15, 0.2) is 11.3 Å². The number of ether oxygens (including phenoxy) is 1. The van der Waals surface area contributed by atoms with Gasteiger partial charge in [-0.25, -0.2) is 14.3 Å². The Morgan fingerprint density at radius 3 is 2.73 bits per heavy atom. The first kappa shape index (κ1) is 23.5. The fraction of sp³-hybridized carbons (Fsp3) is 0.429. The summed E-state index contributed by atoms with van der Waals surface area (Å²) in [5, 5.41) is 6.40. The van der Waals surface area contributed by atoms with Crippen molar-refractivity contribution < 1.29 is 27.5 Å². The average Bonchev–Trinajstić information content (AvgIpc) is 3.28. The van der Waals surface area contributed by atoms with Gasteiger partial charge in [0.2, 0.25) is 0 Å². The Hall–Kier alpha value is -2.66. The van der Waals surface area contributed by atoms with E-state index < -0.39 is 29.4 Å². The molecule has 1 aliphatic carbocycles. The van der Waals surface area contributed by atoms with Crippen molar-refractivity contribution in [1.29, 1.82) is 0 Å². The second-order valence-electron chi connectivity index (χ2n) is 7.68. The van der Waals surface area contributed by atoms with Crippen molar-refractivity contribution >= 4 is 45.5 Å². The number of amides is 1. The molecular weight excluding hydrogens is 481 g/mol. The van der Waals surface area contributed by atoms with Crippen LogP contribution < -0.4 is 5.32 Å². The zero-order chi connectivity index (χ0) is 23.9. The number of alkyl halides is 3. The van der Waals surface area contributed by atoms with E-state index in [1.807, 2.05) is 6.92 Å². The molecule has 12 heteroatoms. The van der Waals surface area contributed by atoms with Gasteiger partial charge in [-0.05, 0) is 50.7 Å². The Balaban J connectivity index is 1.74. The first-order chi connectivity index (χ1) is 15.6. The van der Waals surface area contributed by atoms with Gasteiger partial charge in [0, 0.05) is 10.6 Å². The monoisotopic (exact) mass is 500 g/mol. The number of carbonyl (C=O) groups is 2. The maximum Gasteiger partial charge on any atom is 0.433 e. The molecule has 0 unspecified atom stereocenters. The highest BCUT2D eigenvalue weighted by Crippen LogP contribution is 2.39. The molecule has 3 heterocycles. The molecule has 0 spiro atoms. The number of thiophene rings is 1. The zero-order valence-corrected chi connectivity index (χ0v) is 19.4. The van der Waals surface area contributed by atoms with Gasteiger partial charge in [-0.1, -0.05) is 18.5 Å². The maximum absolute atomic E-state index is 13.5. The summed E-state index contributed by atoms with van der Waals surface area (Å²) in [4.78, 5) is 30.7. The van der Waals surface area contributed by atoms with E-state index in [0.717, 1.165) is 35.8 Å². The molecule has 0 aromatic carbocycles. The number of hydrogen-bond donors (Lipinski definition) is 1. The number of fused-ring (bicyclic) bond motifs is 2. The molecule has 3 aromatic rings. The van der Waals surface area contributed by atoms with Crippen LogP contribution >= 0.6 is 22.9 Å². The van der Waals surface area contributed by atoms with Crippen molar-refractivity contribution in [1.82, 2.24) is 14.6 Å². The molecule has 0 atom stereocenters. The normalized spacial score (nSPS) is 13.8. The summed E-state index contributed by atoms with van der Waals surface area (Å²) in [5.41, 5.74) is -0.569. The first-order valence-electron chi connectivity index (χ1n) is 10.4. The summed E-state index contributed by atoms with van der Waals surface area (Å²) in [6.07, 6.45) is -0.742. The van der Waals surface area contributed by atoms with Gasteiger partial charge in [0.1, 0.15) is 15.7 Å². The number of rotatable bonds is 5. The lowest BCUT2D eigenvalue weighted by atomic mass is 9.95.